The Balaban J connectivity index is 2.55. The Hall–Kier alpha value is -0.930. The minimum absolute atomic E-state index is 0.252. The van der Waals surface area contributed by atoms with E-state index in [1.165, 1.54) is 12.1 Å². The summed E-state index contributed by atoms with van der Waals surface area (Å²) in [6.07, 6.45) is -0.666. The molecule has 1 atom stereocenters. The van der Waals surface area contributed by atoms with Crippen molar-refractivity contribution < 1.29 is 14.2 Å². The zero-order valence-electron chi connectivity index (χ0n) is 7.53. The highest BCUT2D eigenvalue weighted by atomic mass is 19.1. The maximum atomic E-state index is 12.5. The number of aliphatic hydroxyl groups excluding tert-OH is 1. The maximum absolute atomic E-state index is 12.5. The average Bonchev–Trinajstić information content (AvgIpc) is 2.15. The second-order valence-electron chi connectivity index (χ2n) is 2.73. The Bertz CT molecular complexity index is 246. The summed E-state index contributed by atoms with van der Waals surface area (Å²) in [6, 6.07) is 5.76. The van der Waals surface area contributed by atoms with Crippen LogP contribution in [0.3, 0.4) is 0 Å². The van der Waals surface area contributed by atoms with Gasteiger partial charge in [0.05, 0.1) is 6.61 Å². The Morgan fingerprint density at radius 1 is 1.38 bits per heavy atom. The van der Waals surface area contributed by atoms with Crippen molar-refractivity contribution in [3.05, 3.63) is 35.6 Å². The summed E-state index contributed by atoms with van der Waals surface area (Å²) in [4.78, 5) is 0. The molecule has 0 radical (unpaired) electrons. The predicted octanol–water partition coefficient (Wildman–Crippen LogP) is 1.90. The largest absolute Gasteiger partial charge is 0.386 e. The van der Waals surface area contributed by atoms with E-state index < -0.39 is 6.10 Å². The first-order valence-electron chi connectivity index (χ1n) is 4.25. The molecule has 1 aromatic carbocycles. The van der Waals surface area contributed by atoms with Crippen molar-refractivity contribution >= 4 is 0 Å². The molecule has 0 fully saturated rings. The Labute approximate surface area is 77.0 Å². The first-order chi connectivity index (χ1) is 6.24. The van der Waals surface area contributed by atoms with E-state index >= 15 is 0 Å². The molecule has 13 heavy (non-hydrogen) atoms. The first-order valence-corrected chi connectivity index (χ1v) is 4.25. The fourth-order valence-corrected chi connectivity index (χ4v) is 1.01. The second kappa shape index (κ2) is 4.94. The Kier molecular flexibility index (Phi) is 3.86. The van der Waals surface area contributed by atoms with Gasteiger partial charge in [-0.2, -0.15) is 0 Å². The van der Waals surface area contributed by atoms with Crippen molar-refractivity contribution in [2.24, 2.45) is 0 Å². The van der Waals surface area contributed by atoms with Crippen LogP contribution in [-0.2, 0) is 4.74 Å². The third kappa shape index (κ3) is 3.13. The van der Waals surface area contributed by atoms with Crippen LogP contribution in [0.4, 0.5) is 4.39 Å². The Morgan fingerprint density at radius 3 is 2.54 bits per heavy atom. The number of ether oxygens (including phenoxy) is 1. The standard InChI is InChI=1S/C10H13FO2/c1-2-13-7-10(12)8-3-5-9(11)6-4-8/h3-6,10,12H,2,7H2,1H3. The van der Waals surface area contributed by atoms with E-state index in [-0.39, 0.29) is 12.4 Å². The topological polar surface area (TPSA) is 29.5 Å². The molecule has 0 aliphatic heterocycles. The van der Waals surface area contributed by atoms with Crippen LogP contribution in [0.1, 0.15) is 18.6 Å². The van der Waals surface area contributed by atoms with Gasteiger partial charge in [-0.15, -0.1) is 0 Å². The second-order valence-corrected chi connectivity index (χ2v) is 2.73. The molecule has 0 saturated heterocycles. The highest BCUT2D eigenvalue weighted by Gasteiger charge is 2.06. The molecule has 3 heteroatoms. The van der Waals surface area contributed by atoms with Crippen LogP contribution in [0.5, 0.6) is 0 Å². The summed E-state index contributed by atoms with van der Waals surface area (Å²) in [7, 11) is 0. The van der Waals surface area contributed by atoms with Crippen LogP contribution in [0.25, 0.3) is 0 Å². The summed E-state index contributed by atoms with van der Waals surface area (Å²) >= 11 is 0. The molecule has 1 N–H and O–H groups in total. The van der Waals surface area contributed by atoms with Gasteiger partial charge in [-0.1, -0.05) is 12.1 Å². The van der Waals surface area contributed by atoms with Gasteiger partial charge in [-0.3, -0.25) is 0 Å². The van der Waals surface area contributed by atoms with Gasteiger partial charge in [0.2, 0.25) is 0 Å². The van der Waals surface area contributed by atoms with E-state index in [0.717, 1.165) is 0 Å². The predicted molar refractivity (Wildman–Crippen MR) is 47.9 cm³/mol. The minimum Gasteiger partial charge on any atom is -0.386 e. The van der Waals surface area contributed by atoms with Crippen LogP contribution < -0.4 is 0 Å². The third-order valence-corrected chi connectivity index (χ3v) is 1.73. The van der Waals surface area contributed by atoms with Gasteiger partial charge < -0.3 is 9.84 Å². The number of aliphatic hydroxyl groups is 1. The van der Waals surface area contributed by atoms with Gasteiger partial charge >= 0.3 is 0 Å². The fourth-order valence-electron chi connectivity index (χ4n) is 1.01. The molecule has 0 aromatic heterocycles. The zero-order valence-corrected chi connectivity index (χ0v) is 7.53. The lowest BCUT2D eigenvalue weighted by Crippen LogP contribution is -2.06. The maximum Gasteiger partial charge on any atom is 0.123 e. The van der Waals surface area contributed by atoms with E-state index in [4.69, 9.17) is 4.74 Å². The summed E-state index contributed by atoms with van der Waals surface area (Å²) in [5.74, 6) is -0.299. The molecule has 0 amide bonds. The summed E-state index contributed by atoms with van der Waals surface area (Å²) < 4.78 is 17.5. The molecular formula is C10H13FO2. The SMILES string of the molecule is CCOCC(O)c1ccc(F)cc1. The minimum atomic E-state index is -0.666. The molecular weight excluding hydrogens is 171 g/mol. The highest BCUT2D eigenvalue weighted by Crippen LogP contribution is 2.13. The quantitative estimate of drug-likeness (QED) is 0.774. The summed E-state index contributed by atoms with van der Waals surface area (Å²) in [5, 5.41) is 9.50. The molecule has 72 valence electrons. The molecule has 0 aliphatic rings. The lowest BCUT2D eigenvalue weighted by atomic mass is 10.1. The van der Waals surface area contributed by atoms with Crippen LogP contribution >= 0.6 is 0 Å². The third-order valence-electron chi connectivity index (χ3n) is 1.73. The summed E-state index contributed by atoms with van der Waals surface area (Å²) in [6.45, 7) is 2.68. The number of hydrogen-bond donors (Lipinski definition) is 1. The molecule has 0 aliphatic carbocycles. The van der Waals surface area contributed by atoms with Crippen molar-refractivity contribution in [2.45, 2.75) is 13.0 Å². The van der Waals surface area contributed by atoms with E-state index in [1.807, 2.05) is 6.92 Å². The van der Waals surface area contributed by atoms with Crippen molar-refractivity contribution in [2.75, 3.05) is 13.2 Å². The molecule has 0 bridgehead atoms. The van der Waals surface area contributed by atoms with Gasteiger partial charge in [0.15, 0.2) is 0 Å². The van der Waals surface area contributed by atoms with Crippen LogP contribution in [0, 0.1) is 5.82 Å². The van der Waals surface area contributed by atoms with Crippen molar-refractivity contribution in [3.63, 3.8) is 0 Å². The lowest BCUT2D eigenvalue weighted by Gasteiger charge is -2.10. The van der Waals surface area contributed by atoms with Crippen molar-refractivity contribution in [3.8, 4) is 0 Å². The van der Waals surface area contributed by atoms with Crippen molar-refractivity contribution in [1.29, 1.82) is 0 Å². The lowest BCUT2D eigenvalue weighted by molar-refractivity contribution is 0.0420. The van der Waals surface area contributed by atoms with Crippen molar-refractivity contribution in [1.82, 2.24) is 0 Å². The van der Waals surface area contributed by atoms with Crippen LogP contribution in [0.2, 0.25) is 0 Å². The average molecular weight is 184 g/mol. The zero-order chi connectivity index (χ0) is 9.68. The summed E-state index contributed by atoms with van der Waals surface area (Å²) in [5.41, 5.74) is 0.676. The number of benzene rings is 1. The number of hydrogen-bond acceptors (Lipinski definition) is 2. The van der Waals surface area contributed by atoms with Gasteiger partial charge in [-0.05, 0) is 24.6 Å². The van der Waals surface area contributed by atoms with Gasteiger partial charge in [0.1, 0.15) is 11.9 Å². The smallest absolute Gasteiger partial charge is 0.123 e. The molecule has 2 nitrogen and oxygen atoms in total. The van der Waals surface area contributed by atoms with Crippen LogP contribution in [0.15, 0.2) is 24.3 Å². The van der Waals surface area contributed by atoms with E-state index in [2.05, 4.69) is 0 Å². The van der Waals surface area contributed by atoms with E-state index in [1.54, 1.807) is 12.1 Å². The molecule has 0 spiro atoms. The normalized spacial score (nSPS) is 12.8. The molecule has 0 saturated carbocycles. The monoisotopic (exact) mass is 184 g/mol. The van der Waals surface area contributed by atoms with Gasteiger partial charge in [0, 0.05) is 6.61 Å². The molecule has 1 unspecified atom stereocenters. The van der Waals surface area contributed by atoms with Gasteiger partial charge in [-0.25, -0.2) is 4.39 Å². The van der Waals surface area contributed by atoms with Crippen LogP contribution in [-0.4, -0.2) is 18.3 Å². The van der Waals surface area contributed by atoms with E-state index in [0.29, 0.717) is 12.2 Å². The number of rotatable bonds is 4. The van der Waals surface area contributed by atoms with E-state index in [9.17, 15) is 9.50 Å². The fraction of sp³-hybridized carbons (Fsp3) is 0.400. The molecule has 1 aromatic rings. The highest BCUT2D eigenvalue weighted by molar-refractivity contribution is 5.18. The first kappa shape index (κ1) is 10.2. The van der Waals surface area contributed by atoms with Gasteiger partial charge in [0.25, 0.3) is 0 Å². The number of halogens is 1. The molecule has 0 heterocycles. The Morgan fingerprint density at radius 2 is 2.00 bits per heavy atom. The molecule has 1 rings (SSSR count).